The van der Waals surface area contributed by atoms with Crippen molar-refractivity contribution in [1.29, 1.82) is 0 Å². The van der Waals surface area contributed by atoms with E-state index in [2.05, 4.69) is 15.6 Å². The highest BCUT2D eigenvalue weighted by Gasteiger charge is 2.21. The molecule has 0 aliphatic heterocycles. The average molecular weight is 375 g/mol. The molecule has 2 amide bonds. The number of benzene rings is 1. The van der Waals surface area contributed by atoms with Gasteiger partial charge in [0.25, 0.3) is 5.91 Å². The fourth-order valence-electron chi connectivity index (χ4n) is 2.28. The van der Waals surface area contributed by atoms with E-state index in [0.717, 1.165) is 5.56 Å². The summed E-state index contributed by atoms with van der Waals surface area (Å²) in [5.74, 6) is -2.00. The molecule has 8 heteroatoms. The standard InChI is InChI=1S/C18H21N3O4S/c1-11(2)8-13(18(24)25)20-15(22)9-19-16(23)14-10-26-17(21-14)12-6-4-3-5-7-12/h3-7,10-11,13H,8-9H2,1-2H3,(H,19,23)(H,20,22)(H,24,25)/t13-/m0/s1. The molecule has 7 nitrogen and oxygen atoms in total. The maximum Gasteiger partial charge on any atom is 0.326 e. The number of carbonyl (C=O) groups is 3. The van der Waals surface area contributed by atoms with E-state index in [-0.39, 0.29) is 18.2 Å². The van der Waals surface area contributed by atoms with E-state index < -0.39 is 23.8 Å². The Hall–Kier alpha value is -2.74. The molecule has 0 saturated heterocycles. The van der Waals surface area contributed by atoms with Crippen molar-refractivity contribution in [1.82, 2.24) is 15.6 Å². The van der Waals surface area contributed by atoms with Crippen LogP contribution in [0.3, 0.4) is 0 Å². The van der Waals surface area contributed by atoms with Crippen LogP contribution < -0.4 is 10.6 Å². The van der Waals surface area contributed by atoms with E-state index in [0.29, 0.717) is 11.4 Å². The number of carbonyl (C=O) groups excluding carboxylic acids is 2. The Morgan fingerprint density at radius 1 is 1.19 bits per heavy atom. The van der Waals surface area contributed by atoms with Crippen LogP contribution in [0.4, 0.5) is 0 Å². The second-order valence-electron chi connectivity index (χ2n) is 6.17. The number of aliphatic carboxylic acids is 1. The number of hydrogen-bond acceptors (Lipinski definition) is 5. The van der Waals surface area contributed by atoms with Crippen LogP contribution in [0.2, 0.25) is 0 Å². The van der Waals surface area contributed by atoms with Crippen molar-refractivity contribution in [2.45, 2.75) is 26.3 Å². The Kier molecular flexibility index (Phi) is 6.85. The number of hydrogen-bond donors (Lipinski definition) is 3. The van der Waals surface area contributed by atoms with Gasteiger partial charge in [-0.1, -0.05) is 44.2 Å². The summed E-state index contributed by atoms with van der Waals surface area (Å²) in [6.07, 6.45) is 0.321. The normalized spacial score (nSPS) is 11.8. The Morgan fingerprint density at radius 2 is 1.88 bits per heavy atom. The van der Waals surface area contributed by atoms with Crippen molar-refractivity contribution in [3.05, 3.63) is 41.4 Å². The second-order valence-corrected chi connectivity index (χ2v) is 7.03. The third-order valence-electron chi connectivity index (χ3n) is 3.51. The minimum absolute atomic E-state index is 0.123. The highest BCUT2D eigenvalue weighted by atomic mass is 32.1. The number of carboxylic acid groups (broad SMARTS) is 1. The molecule has 2 aromatic rings. The van der Waals surface area contributed by atoms with Gasteiger partial charge in [-0.2, -0.15) is 0 Å². The number of nitrogens with one attached hydrogen (secondary N) is 2. The van der Waals surface area contributed by atoms with Gasteiger partial charge in [0.2, 0.25) is 5.91 Å². The first-order chi connectivity index (χ1) is 12.4. The maximum absolute atomic E-state index is 12.1. The second kappa shape index (κ2) is 9.10. The zero-order valence-corrected chi connectivity index (χ0v) is 15.4. The molecule has 0 bridgehead atoms. The van der Waals surface area contributed by atoms with Crippen molar-refractivity contribution in [3.8, 4) is 10.6 Å². The smallest absolute Gasteiger partial charge is 0.326 e. The van der Waals surface area contributed by atoms with Crippen molar-refractivity contribution in [3.63, 3.8) is 0 Å². The topological polar surface area (TPSA) is 108 Å². The van der Waals surface area contributed by atoms with Gasteiger partial charge in [0.1, 0.15) is 16.7 Å². The summed E-state index contributed by atoms with van der Waals surface area (Å²) >= 11 is 1.34. The van der Waals surface area contributed by atoms with Crippen molar-refractivity contribution in [2.75, 3.05) is 6.54 Å². The number of thiazole rings is 1. The largest absolute Gasteiger partial charge is 0.480 e. The zero-order valence-electron chi connectivity index (χ0n) is 14.6. The molecule has 0 aliphatic carbocycles. The van der Waals surface area contributed by atoms with Crippen LogP contribution in [0.15, 0.2) is 35.7 Å². The third kappa shape index (κ3) is 5.66. The zero-order chi connectivity index (χ0) is 19.1. The molecular formula is C18H21N3O4S. The first-order valence-electron chi connectivity index (χ1n) is 8.18. The summed E-state index contributed by atoms with van der Waals surface area (Å²) in [7, 11) is 0. The van der Waals surface area contributed by atoms with Crippen molar-refractivity contribution < 1.29 is 19.5 Å². The molecular weight excluding hydrogens is 354 g/mol. The lowest BCUT2D eigenvalue weighted by Gasteiger charge is -2.16. The minimum atomic E-state index is -1.09. The van der Waals surface area contributed by atoms with Gasteiger partial charge in [-0.15, -0.1) is 11.3 Å². The van der Waals surface area contributed by atoms with Gasteiger partial charge < -0.3 is 15.7 Å². The van der Waals surface area contributed by atoms with Gasteiger partial charge in [-0.3, -0.25) is 9.59 Å². The summed E-state index contributed by atoms with van der Waals surface area (Å²) < 4.78 is 0. The summed E-state index contributed by atoms with van der Waals surface area (Å²) in [4.78, 5) is 39.4. The Morgan fingerprint density at radius 3 is 2.50 bits per heavy atom. The summed E-state index contributed by atoms with van der Waals surface area (Å²) in [6.45, 7) is 3.44. The van der Waals surface area contributed by atoms with E-state index in [1.165, 1.54) is 11.3 Å². The molecule has 0 radical (unpaired) electrons. The van der Waals surface area contributed by atoms with E-state index in [9.17, 15) is 14.4 Å². The number of amides is 2. The number of carboxylic acids is 1. The monoisotopic (exact) mass is 375 g/mol. The van der Waals surface area contributed by atoms with Gasteiger partial charge in [0, 0.05) is 10.9 Å². The van der Waals surface area contributed by atoms with Crippen LogP contribution in [0.1, 0.15) is 30.8 Å². The molecule has 0 unspecified atom stereocenters. The van der Waals surface area contributed by atoms with Crippen LogP contribution in [0.25, 0.3) is 10.6 Å². The summed E-state index contributed by atoms with van der Waals surface area (Å²) in [6, 6.07) is 8.49. The van der Waals surface area contributed by atoms with Crippen LogP contribution >= 0.6 is 11.3 Å². The summed E-state index contributed by atoms with van der Waals surface area (Å²) in [5, 5.41) is 16.3. The molecule has 0 saturated carbocycles. The van der Waals surface area contributed by atoms with Crippen LogP contribution in [0.5, 0.6) is 0 Å². The molecule has 1 heterocycles. The Bertz CT molecular complexity index is 774. The highest BCUT2D eigenvalue weighted by Crippen LogP contribution is 2.23. The van der Waals surface area contributed by atoms with Crippen LogP contribution in [-0.4, -0.2) is 40.5 Å². The fourth-order valence-corrected chi connectivity index (χ4v) is 3.09. The van der Waals surface area contributed by atoms with Gasteiger partial charge in [-0.05, 0) is 12.3 Å². The van der Waals surface area contributed by atoms with E-state index >= 15 is 0 Å². The lowest BCUT2D eigenvalue weighted by atomic mass is 10.0. The van der Waals surface area contributed by atoms with Crippen molar-refractivity contribution >= 4 is 29.1 Å². The third-order valence-corrected chi connectivity index (χ3v) is 4.40. The Balaban J connectivity index is 1.89. The number of aromatic nitrogens is 1. The first-order valence-corrected chi connectivity index (χ1v) is 9.06. The highest BCUT2D eigenvalue weighted by molar-refractivity contribution is 7.13. The van der Waals surface area contributed by atoms with E-state index in [4.69, 9.17) is 5.11 Å². The SMILES string of the molecule is CC(C)C[C@H](NC(=O)CNC(=O)c1csc(-c2ccccc2)n1)C(=O)O. The van der Waals surface area contributed by atoms with Crippen LogP contribution in [0, 0.1) is 5.92 Å². The first kappa shape index (κ1) is 19.6. The molecule has 1 atom stereocenters. The van der Waals surface area contributed by atoms with Gasteiger partial charge in [0.15, 0.2) is 0 Å². The average Bonchev–Trinajstić information content (AvgIpc) is 3.09. The van der Waals surface area contributed by atoms with Gasteiger partial charge >= 0.3 is 5.97 Å². The molecule has 0 fully saturated rings. The predicted molar refractivity (Wildman–Crippen MR) is 98.9 cm³/mol. The molecule has 1 aromatic carbocycles. The van der Waals surface area contributed by atoms with Crippen molar-refractivity contribution in [2.24, 2.45) is 5.92 Å². The van der Waals surface area contributed by atoms with Crippen LogP contribution in [-0.2, 0) is 9.59 Å². The molecule has 26 heavy (non-hydrogen) atoms. The van der Waals surface area contributed by atoms with E-state index in [1.807, 2.05) is 44.2 Å². The number of rotatable bonds is 8. The maximum atomic E-state index is 12.1. The Labute approximate surface area is 155 Å². The fraction of sp³-hybridized carbons (Fsp3) is 0.333. The van der Waals surface area contributed by atoms with E-state index in [1.54, 1.807) is 5.38 Å². The number of nitrogens with zero attached hydrogens (tertiary/aromatic N) is 1. The molecule has 2 rings (SSSR count). The molecule has 0 spiro atoms. The molecule has 0 aliphatic rings. The van der Waals surface area contributed by atoms with Gasteiger partial charge in [0.05, 0.1) is 6.54 Å². The molecule has 3 N–H and O–H groups in total. The van der Waals surface area contributed by atoms with Gasteiger partial charge in [-0.25, -0.2) is 9.78 Å². The quantitative estimate of drug-likeness (QED) is 0.655. The lowest BCUT2D eigenvalue weighted by Crippen LogP contribution is -2.46. The molecule has 1 aromatic heterocycles. The minimum Gasteiger partial charge on any atom is -0.480 e. The molecule has 138 valence electrons. The lowest BCUT2D eigenvalue weighted by molar-refractivity contribution is -0.142. The predicted octanol–water partition coefficient (Wildman–Crippen LogP) is 2.16. The summed E-state index contributed by atoms with van der Waals surface area (Å²) in [5.41, 5.74) is 1.13.